The number of amides is 2. The number of anilines is 1. The molecule has 1 heterocycles. The summed E-state index contributed by atoms with van der Waals surface area (Å²) in [6.45, 7) is 0.190. The van der Waals surface area contributed by atoms with Crippen molar-refractivity contribution in [3.8, 4) is 11.5 Å². The average Bonchev–Trinajstić information content (AvgIpc) is 3.03. The summed E-state index contributed by atoms with van der Waals surface area (Å²) < 4.78 is 48.8. The Bertz CT molecular complexity index is 731. The van der Waals surface area contributed by atoms with Crippen LogP contribution in [0.1, 0.15) is 5.69 Å². The molecule has 0 bridgehead atoms. The van der Waals surface area contributed by atoms with E-state index in [1.807, 2.05) is 0 Å². The van der Waals surface area contributed by atoms with Gasteiger partial charge in [-0.05, 0) is 18.2 Å². The molecule has 0 aliphatic carbocycles. The van der Waals surface area contributed by atoms with Crippen LogP contribution in [0, 0.1) is 0 Å². The summed E-state index contributed by atoms with van der Waals surface area (Å²) in [5.74, 6) is 0.818. The molecule has 0 aliphatic heterocycles. The van der Waals surface area contributed by atoms with Crippen LogP contribution in [0.4, 0.5) is 23.7 Å². The Morgan fingerprint density at radius 1 is 1.24 bits per heavy atom. The van der Waals surface area contributed by atoms with Crippen LogP contribution in [0.5, 0.6) is 11.5 Å². The molecule has 2 N–H and O–H groups in total. The number of urea groups is 1. The van der Waals surface area contributed by atoms with E-state index in [0.717, 1.165) is 10.7 Å². The van der Waals surface area contributed by atoms with E-state index in [1.165, 1.54) is 20.4 Å². The molecule has 0 saturated heterocycles. The SMILES string of the molecule is COc1cccc(NC(=O)NCCn2ccc(C(F)(F)F)n2)c1OC. The van der Waals surface area contributed by atoms with Gasteiger partial charge in [-0.1, -0.05) is 6.07 Å². The highest BCUT2D eigenvalue weighted by Gasteiger charge is 2.33. The van der Waals surface area contributed by atoms with Crippen molar-refractivity contribution in [2.45, 2.75) is 12.7 Å². The van der Waals surface area contributed by atoms with Crippen LogP contribution < -0.4 is 20.1 Å². The number of methoxy groups -OCH3 is 2. The topological polar surface area (TPSA) is 77.4 Å². The van der Waals surface area contributed by atoms with Crippen molar-refractivity contribution >= 4 is 11.7 Å². The number of nitrogens with zero attached hydrogens (tertiary/aromatic N) is 2. The van der Waals surface area contributed by atoms with E-state index < -0.39 is 17.9 Å². The lowest BCUT2D eigenvalue weighted by atomic mass is 10.2. The zero-order valence-corrected chi connectivity index (χ0v) is 13.6. The van der Waals surface area contributed by atoms with Gasteiger partial charge in [0.1, 0.15) is 0 Å². The molecule has 2 rings (SSSR count). The van der Waals surface area contributed by atoms with Gasteiger partial charge in [0.25, 0.3) is 0 Å². The Kier molecular flexibility index (Phi) is 5.73. The molecule has 0 spiro atoms. The summed E-state index contributed by atoms with van der Waals surface area (Å²) in [5.41, 5.74) is -0.573. The minimum Gasteiger partial charge on any atom is -0.493 e. The normalized spacial score (nSPS) is 11.1. The van der Waals surface area contributed by atoms with Gasteiger partial charge in [0.05, 0.1) is 26.5 Å². The molecule has 0 atom stereocenters. The van der Waals surface area contributed by atoms with Crippen molar-refractivity contribution in [2.75, 3.05) is 26.1 Å². The second kappa shape index (κ2) is 7.77. The Labute approximate surface area is 141 Å². The number of nitrogens with one attached hydrogen (secondary N) is 2. The highest BCUT2D eigenvalue weighted by Crippen LogP contribution is 2.34. The maximum atomic E-state index is 12.4. The first-order chi connectivity index (χ1) is 11.8. The number of halogens is 3. The predicted octanol–water partition coefficient (Wildman–Crippen LogP) is 2.74. The fourth-order valence-corrected chi connectivity index (χ4v) is 2.07. The van der Waals surface area contributed by atoms with Crippen LogP contribution in [-0.2, 0) is 12.7 Å². The summed E-state index contributed by atoms with van der Waals surface area (Å²) in [5, 5.41) is 8.51. The van der Waals surface area contributed by atoms with Gasteiger partial charge in [0.2, 0.25) is 0 Å². The van der Waals surface area contributed by atoms with Crippen LogP contribution in [0.2, 0.25) is 0 Å². The number of carbonyl (C=O) groups is 1. The number of benzene rings is 1. The summed E-state index contributed by atoms with van der Waals surface area (Å²) >= 11 is 0. The average molecular weight is 358 g/mol. The minimum atomic E-state index is -4.49. The predicted molar refractivity (Wildman–Crippen MR) is 83.8 cm³/mol. The Morgan fingerprint density at radius 3 is 2.60 bits per heavy atom. The first kappa shape index (κ1) is 18.4. The number of aromatic nitrogens is 2. The van der Waals surface area contributed by atoms with Gasteiger partial charge >= 0.3 is 12.2 Å². The number of rotatable bonds is 6. The molecule has 1 aromatic carbocycles. The molecular formula is C15H17F3N4O3. The van der Waals surface area contributed by atoms with Crippen molar-refractivity contribution < 1.29 is 27.4 Å². The summed E-state index contributed by atoms with van der Waals surface area (Å²) in [7, 11) is 2.91. The van der Waals surface area contributed by atoms with Crippen LogP contribution in [0.25, 0.3) is 0 Å². The summed E-state index contributed by atoms with van der Waals surface area (Å²) in [4.78, 5) is 11.9. The molecule has 0 radical (unpaired) electrons. The second-order valence-corrected chi connectivity index (χ2v) is 4.88. The maximum absolute atomic E-state index is 12.4. The quantitative estimate of drug-likeness (QED) is 0.832. The van der Waals surface area contributed by atoms with E-state index >= 15 is 0 Å². The first-order valence-corrected chi connectivity index (χ1v) is 7.21. The Balaban J connectivity index is 1.88. The van der Waals surface area contributed by atoms with Gasteiger partial charge in [0, 0.05) is 12.7 Å². The highest BCUT2D eigenvalue weighted by atomic mass is 19.4. The van der Waals surface area contributed by atoms with Gasteiger partial charge in [-0.25, -0.2) is 4.79 Å². The van der Waals surface area contributed by atoms with Gasteiger partial charge < -0.3 is 20.1 Å². The first-order valence-electron chi connectivity index (χ1n) is 7.21. The van der Waals surface area contributed by atoms with Gasteiger partial charge in [-0.2, -0.15) is 18.3 Å². The third-order valence-electron chi connectivity index (χ3n) is 3.21. The minimum absolute atomic E-state index is 0.0943. The van der Waals surface area contributed by atoms with Crippen molar-refractivity contribution in [1.82, 2.24) is 15.1 Å². The van der Waals surface area contributed by atoms with Crippen LogP contribution >= 0.6 is 0 Å². The van der Waals surface area contributed by atoms with Crippen molar-refractivity contribution in [3.63, 3.8) is 0 Å². The molecule has 25 heavy (non-hydrogen) atoms. The van der Waals surface area contributed by atoms with E-state index in [2.05, 4.69) is 15.7 Å². The van der Waals surface area contributed by atoms with Crippen LogP contribution in [0.15, 0.2) is 30.5 Å². The zero-order chi connectivity index (χ0) is 18.4. The van der Waals surface area contributed by atoms with Crippen molar-refractivity contribution in [1.29, 1.82) is 0 Å². The lowest BCUT2D eigenvalue weighted by molar-refractivity contribution is -0.141. The second-order valence-electron chi connectivity index (χ2n) is 4.88. The largest absolute Gasteiger partial charge is 0.493 e. The molecule has 0 unspecified atom stereocenters. The lowest BCUT2D eigenvalue weighted by Gasteiger charge is -2.13. The number of hydrogen-bond acceptors (Lipinski definition) is 4. The lowest BCUT2D eigenvalue weighted by Crippen LogP contribution is -2.31. The van der Waals surface area contributed by atoms with Gasteiger partial charge in [0.15, 0.2) is 17.2 Å². The number of para-hydroxylation sites is 1. The number of ether oxygens (including phenoxy) is 2. The van der Waals surface area contributed by atoms with Gasteiger partial charge in [-0.3, -0.25) is 4.68 Å². The molecule has 136 valence electrons. The Morgan fingerprint density at radius 2 is 2.00 bits per heavy atom. The molecule has 0 fully saturated rings. The standard InChI is InChI=1S/C15H17F3N4O3/c1-24-11-5-3-4-10(13(11)25-2)20-14(23)19-7-9-22-8-6-12(21-22)15(16,17)18/h3-6,8H,7,9H2,1-2H3,(H2,19,20,23). The van der Waals surface area contributed by atoms with Crippen LogP contribution in [0.3, 0.4) is 0 Å². The smallest absolute Gasteiger partial charge is 0.435 e. The molecule has 7 nitrogen and oxygen atoms in total. The molecule has 2 aromatic rings. The van der Waals surface area contributed by atoms with E-state index in [4.69, 9.17) is 9.47 Å². The van der Waals surface area contributed by atoms with Crippen molar-refractivity contribution in [3.05, 3.63) is 36.2 Å². The monoisotopic (exact) mass is 358 g/mol. The van der Waals surface area contributed by atoms with E-state index in [0.29, 0.717) is 17.2 Å². The van der Waals surface area contributed by atoms with E-state index in [-0.39, 0.29) is 13.1 Å². The highest BCUT2D eigenvalue weighted by molar-refractivity contribution is 5.91. The molecule has 0 saturated carbocycles. The third kappa shape index (κ3) is 4.78. The third-order valence-corrected chi connectivity index (χ3v) is 3.21. The zero-order valence-electron chi connectivity index (χ0n) is 13.6. The summed E-state index contributed by atoms with van der Waals surface area (Å²) in [6.07, 6.45) is -3.29. The molecule has 1 aromatic heterocycles. The van der Waals surface area contributed by atoms with Crippen LogP contribution in [-0.4, -0.2) is 36.6 Å². The van der Waals surface area contributed by atoms with Gasteiger partial charge in [-0.15, -0.1) is 0 Å². The van der Waals surface area contributed by atoms with E-state index in [1.54, 1.807) is 18.2 Å². The maximum Gasteiger partial charge on any atom is 0.435 e. The molecule has 10 heteroatoms. The number of carbonyl (C=O) groups excluding carboxylic acids is 1. The summed E-state index contributed by atoms with van der Waals surface area (Å²) in [6, 6.07) is 5.33. The molecule has 2 amide bonds. The molecule has 0 aliphatic rings. The number of hydrogen-bond donors (Lipinski definition) is 2. The van der Waals surface area contributed by atoms with E-state index in [9.17, 15) is 18.0 Å². The van der Waals surface area contributed by atoms with Crippen molar-refractivity contribution in [2.24, 2.45) is 0 Å². The number of alkyl halides is 3. The fourth-order valence-electron chi connectivity index (χ4n) is 2.07. The molecular weight excluding hydrogens is 341 g/mol. The fraction of sp³-hybridized carbons (Fsp3) is 0.333. The Hall–Kier alpha value is -2.91.